The maximum atomic E-state index is 11.8. The van der Waals surface area contributed by atoms with Crippen LogP contribution < -0.4 is 0 Å². The summed E-state index contributed by atoms with van der Waals surface area (Å²) < 4.78 is 4.96. The molecule has 0 aromatic carbocycles. The van der Waals surface area contributed by atoms with Crippen molar-refractivity contribution in [2.24, 2.45) is 5.41 Å². The van der Waals surface area contributed by atoms with Gasteiger partial charge in [0, 0.05) is 6.42 Å². The van der Waals surface area contributed by atoms with Gasteiger partial charge in [-0.1, -0.05) is 32.8 Å². The molecule has 0 aromatic rings. The highest BCUT2D eigenvalue weighted by Gasteiger charge is 2.35. The molecule has 0 saturated heterocycles. The van der Waals surface area contributed by atoms with Crippen LogP contribution in [0.5, 0.6) is 0 Å². The van der Waals surface area contributed by atoms with Crippen molar-refractivity contribution >= 4 is 5.97 Å². The molecule has 19 heavy (non-hydrogen) atoms. The van der Waals surface area contributed by atoms with Gasteiger partial charge in [-0.25, -0.2) is 0 Å². The first-order chi connectivity index (χ1) is 9.03. The van der Waals surface area contributed by atoms with Gasteiger partial charge in [0.2, 0.25) is 0 Å². The average Bonchev–Trinajstić information content (AvgIpc) is 2.42. The number of nitriles is 1. The summed E-state index contributed by atoms with van der Waals surface area (Å²) in [6.45, 7) is 9.48. The predicted molar refractivity (Wildman–Crippen MR) is 76.4 cm³/mol. The van der Waals surface area contributed by atoms with E-state index in [1.807, 2.05) is 0 Å². The minimum atomic E-state index is -1.12. The first-order valence-corrected chi connectivity index (χ1v) is 7.00. The number of hydrogen-bond acceptors (Lipinski definition) is 3. The third kappa shape index (κ3) is 6.27. The summed E-state index contributed by atoms with van der Waals surface area (Å²) in [5.41, 5.74) is 2.69. The summed E-state index contributed by atoms with van der Waals surface area (Å²) in [4.78, 5) is 11.8. The third-order valence-corrected chi connectivity index (χ3v) is 3.12. The van der Waals surface area contributed by atoms with Crippen LogP contribution in [0.15, 0.2) is 17.9 Å². The summed E-state index contributed by atoms with van der Waals surface area (Å²) in [7, 11) is 0. The highest BCUT2D eigenvalue weighted by molar-refractivity contribution is 5.79. The van der Waals surface area contributed by atoms with Gasteiger partial charge < -0.3 is 4.74 Å². The molecule has 3 heteroatoms. The lowest BCUT2D eigenvalue weighted by molar-refractivity contribution is -0.151. The zero-order chi connectivity index (χ0) is 14.7. The van der Waals surface area contributed by atoms with Crippen molar-refractivity contribution in [2.45, 2.75) is 59.3 Å². The second kappa shape index (κ2) is 9.42. The molecule has 0 aliphatic carbocycles. The van der Waals surface area contributed by atoms with Crippen LogP contribution in [0.2, 0.25) is 0 Å². The molecule has 0 rings (SSSR count). The zero-order valence-electron chi connectivity index (χ0n) is 12.4. The minimum absolute atomic E-state index is 0.291. The van der Waals surface area contributed by atoms with Crippen molar-refractivity contribution in [1.29, 1.82) is 5.26 Å². The molecule has 0 aliphatic heterocycles. The second-order valence-corrected chi connectivity index (χ2v) is 4.93. The average molecular weight is 263 g/mol. The lowest BCUT2D eigenvalue weighted by atomic mass is 9.83. The van der Waals surface area contributed by atoms with E-state index in [9.17, 15) is 10.1 Å². The van der Waals surface area contributed by atoms with Gasteiger partial charge in [0.25, 0.3) is 0 Å². The highest BCUT2D eigenvalue weighted by Crippen LogP contribution is 2.29. The van der Waals surface area contributed by atoms with Crippen molar-refractivity contribution < 1.29 is 9.53 Å². The van der Waals surface area contributed by atoms with Gasteiger partial charge in [-0.3, -0.25) is 4.79 Å². The highest BCUT2D eigenvalue weighted by atomic mass is 16.5. The molecular formula is C16H25NO2. The fraction of sp³-hybridized carbons (Fsp3) is 0.688. The molecule has 106 valence electrons. The number of rotatable bonds is 9. The molecule has 1 unspecified atom stereocenters. The Morgan fingerprint density at radius 1 is 1.32 bits per heavy atom. The number of carbonyl (C=O) groups is 1. The number of nitrogens with zero attached hydrogens (tertiary/aromatic N) is 1. The van der Waals surface area contributed by atoms with Crippen molar-refractivity contribution in [1.82, 2.24) is 0 Å². The maximum absolute atomic E-state index is 11.8. The Morgan fingerprint density at radius 3 is 2.47 bits per heavy atom. The number of allylic oxidation sites excluding steroid dienone is 1. The van der Waals surface area contributed by atoms with Gasteiger partial charge in [-0.2, -0.15) is 5.26 Å². The first kappa shape index (κ1) is 17.5. The normalized spacial score (nSPS) is 12.9. The van der Waals surface area contributed by atoms with E-state index in [0.717, 1.165) is 24.8 Å². The van der Waals surface area contributed by atoms with Crippen LogP contribution in [0.1, 0.15) is 59.3 Å². The molecule has 0 aliphatic rings. The molecule has 0 amide bonds. The topological polar surface area (TPSA) is 50.1 Å². The van der Waals surface area contributed by atoms with Crippen LogP contribution in [0.4, 0.5) is 0 Å². The molecule has 0 bridgehead atoms. The number of unbranched alkanes of at least 4 members (excludes halogenated alkanes) is 3. The largest absolute Gasteiger partial charge is 0.465 e. The molecule has 0 N–H and O–H groups in total. The summed E-state index contributed by atoms with van der Waals surface area (Å²) in [5.74, 6) is -0.459. The van der Waals surface area contributed by atoms with Crippen molar-refractivity contribution in [3.05, 3.63) is 17.9 Å². The molecule has 0 saturated carbocycles. The Labute approximate surface area is 117 Å². The Kier molecular flexibility index (Phi) is 8.66. The Morgan fingerprint density at radius 2 is 2.00 bits per heavy atom. The van der Waals surface area contributed by atoms with Crippen molar-refractivity contribution in [3.8, 4) is 6.07 Å². The van der Waals surface area contributed by atoms with Crippen LogP contribution in [-0.4, -0.2) is 12.6 Å². The summed E-state index contributed by atoms with van der Waals surface area (Å²) in [6, 6.07) is 2.07. The molecular weight excluding hydrogens is 238 g/mol. The lowest BCUT2D eigenvalue weighted by Crippen LogP contribution is -2.29. The number of hydrogen-bond donors (Lipinski definition) is 0. The van der Waals surface area contributed by atoms with Crippen LogP contribution >= 0.6 is 0 Å². The predicted octanol–water partition coefficient (Wildman–Crippen LogP) is 4.15. The molecule has 1 atom stereocenters. The fourth-order valence-electron chi connectivity index (χ4n) is 1.88. The first-order valence-electron chi connectivity index (χ1n) is 7.00. The van der Waals surface area contributed by atoms with E-state index >= 15 is 0 Å². The minimum Gasteiger partial charge on any atom is -0.465 e. The summed E-state index contributed by atoms with van der Waals surface area (Å²) in [6.07, 6.45) is 5.81. The quantitative estimate of drug-likeness (QED) is 0.356. The van der Waals surface area contributed by atoms with Crippen LogP contribution in [0.25, 0.3) is 0 Å². The zero-order valence-corrected chi connectivity index (χ0v) is 12.4. The number of carbonyl (C=O) groups excluding carboxylic acids is 1. The third-order valence-electron chi connectivity index (χ3n) is 3.12. The second-order valence-electron chi connectivity index (χ2n) is 4.93. The van der Waals surface area contributed by atoms with Gasteiger partial charge in [0.15, 0.2) is 5.41 Å². The van der Waals surface area contributed by atoms with E-state index in [0.29, 0.717) is 13.0 Å². The van der Waals surface area contributed by atoms with Gasteiger partial charge in [-0.05, 0) is 32.3 Å². The van der Waals surface area contributed by atoms with Gasteiger partial charge in [0.1, 0.15) is 0 Å². The van der Waals surface area contributed by atoms with Crippen LogP contribution in [0, 0.1) is 16.7 Å². The Balaban J connectivity index is 4.54. The standard InChI is InChI=1S/C16H25NO2/c1-5-8-9-10-11-14(6-2)12-16(4,13-17)15(18)19-7-3/h2,5,7-12H2,1,3-4H3. The lowest BCUT2D eigenvalue weighted by Gasteiger charge is -2.20. The Hall–Kier alpha value is -1.52. The van der Waals surface area contributed by atoms with E-state index < -0.39 is 11.4 Å². The van der Waals surface area contributed by atoms with E-state index in [-0.39, 0.29) is 0 Å². The molecule has 0 spiro atoms. The molecule has 0 fully saturated rings. The SMILES string of the molecule is C=C=C(CCCCCC)CC(C)(C#N)C(=O)OCC. The van der Waals surface area contributed by atoms with Crippen LogP contribution in [-0.2, 0) is 9.53 Å². The molecule has 0 heterocycles. The van der Waals surface area contributed by atoms with E-state index in [1.165, 1.54) is 12.8 Å². The summed E-state index contributed by atoms with van der Waals surface area (Å²) >= 11 is 0. The van der Waals surface area contributed by atoms with Crippen molar-refractivity contribution in [2.75, 3.05) is 6.61 Å². The maximum Gasteiger partial charge on any atom is 0.326 e. The molecule has 0 aromatic heterocycles. The van der Waals surface area contributed by atoms with Crippen LogP contribution in [0.3, 0.4) is 0 Å². The van der Waals surface area contributed by atoms with E-state index in [1.54, 1.807) is 13.8 Å². The van der Waals surface area contributed by atoms with Crippen molar-refractivity contribution in [3.63, 3.8) is 0 Å². The Bertz CT molecular complexity index is 375. The van der Waals surface area contributed by atoms with E-state index in [2.05, 4.69) is 25.3 Å². The summed E-state index contributed by atoms with van der Waals surface area (Å²) in [5, 5.41) is 9.22. The fourth-order valence-corrected chi connectivity index (χ4v) is 1.88. The van der Waals surface area contributed by atoms with Gasteiger partial charge >= 0.3 is 5.97 Å². The molecule has 0 radical (unpaired) electrons. The number of esters is 1. The molecule has 3 nitrogen and oxygen atoms in total. The smallest absolute Gasteiger partial charge is 0.326 e. The monoisotopic (exact) mass is 263 g/mol. The van der Waals surface area contributed by atoms with E-state index in [4.69, 9.17) is 4.74 Å². The van der Waals surface area contributed by atoms with Gasteiger partial charge in [-0.15, -0.1) is 5.73 Å². The number of ether oxygens (including phenoxy) is 1. The van der Waals surface area contributed by atoms with Gasteiger partial charge in [0.05, 0.1) is 12.7 Å².